The first-order valence-electron chi connectivity index (χ1n) is 11.3. The van der Waals surface area contributed by atoms with Crippen LogP contribution in [0.4, 0.5) is 5.69 Å². The lowest BCUT2D eigenvalue weighted by Gasteiger charge is -2.19. The van der Waals surface area contributed by atoms with Crippen molar-refractivity contribution >= 4 is 35.1 Å². The molecule has 182 valence electrons. The number of carbonyl (C=O) groups excluding carboxylic acids is 3. The highest BCUT2D eigenvalue weighted by Gasteiger charge is 2.36. The normalized spacial score (nSPS) is 12.4. The number of fused-ring (bicyclic) bond motifs is 3. The summed E-state index contributed by atoms with van der Waals surface area (Å²) in [6.07, 6.45) is 0. The molecule has 4 aromatic rings. The molecule has 37 heavy (non-hydrogen) atoms. The molecule has 0 fully saturated rings. The van der Waals surface area contributed by atoms with Gasteiger partial charge in [-0.05, 0) is 42.5 Å². The van der Waals surface area contributed by atoms with E-state index in [0.29, 0.717) is 39.5 Å². The molecular formula is C28H20N4O4S. The number of methoxy groups -OCH3 is 1. The van der Waals surface area contributed by atoms with Gasteiger partial charge in [-0.25, -0.2) is 9.48 Å². The first-order chi connectivity index (χ1) is 18.0. The number of amides is 1. The minimum atomic E-state index is -1.59. The third-order valence-electron chi connectivity index (χ3n) is 5.94. The molecule has 1 N–H and O–H groups in total. The molecular weight excluding hydrogens is 488 g/mol. The van der Waals surface area contributed by atoms with E-state index in [-0.39, 0.29) is 5.69 Å². The van der Waals surface area contributed by atoms with Crippen LogP contribution in [0.15, 0.2) is 83.8 Å². The van der Waals surface area contributed by atoms with Gasteiger partial charge >= 0.3 is 5.97 Å². The minimum Gasteiger partial charge on any atom is -0.465 e. The third kappa shape index (κ3) is 4.50. The second-order valence-corrected chi connectivity index (χ2v) is 9.21. The molecule has 1 aliphatic heterocycles. The van der Waals surface area contributed by atoms with Crippen molar-refractivity contribution in [1.82, 2.24) is 9.78 Å². The van der Waals surface area contributed by atoms with Crippen molar-refractivity contribution in [3.63, 3.8) is 0 Å². The standard InChI is InChI=1S/C28H20N4O4S/c1-36-28(35)17-12-13-23-20(14-17)25-22(16-37-23)24(31-32(25)19-10-6-3-7-11-19)26(33)21(15-29)27(34)30-18-8-4-2-5-9-18/h2-14,21H,16H2,1H3,(H,30,34). The Morgan fingerprint density at radius 2 is 1.76 bits per heavy atom. The van der Waals surface area contributed by atoms with Crippen molar-refractivity contribution < 1.29 is 19.1 Å². The number of aromatic nitrogens is 2. The summed E-state index contributed by atoms with van der Waals surface area (Å²) in [5.41, 5.74) is 3.54. The summed E-state index contributed by atoms with van der Waals surface area (Å²) < 4.78 is 6.52. The van der Waals surface area contributed by atoms with Gasteiger partial charge in [-0.1, -0.05) is 36.4 Å². The molecule has 5 rings (SSSR count). The summed E-state index contributed by atoms with van der Waals surface area (Å²) in [5, 5.41) is 17.0. The molecule has 0 radical (unpaired) electrons. The number of ketones is 1. The van der Waals surface area contributed by atoms with E-state index in [1.54, 1.807) is 47.1 Å². The quantitative estimate of drug-likeness (QED) is 0.224. The maximum absolute atomic E-state index is 13.6. The van der Waals surface area contributed by atoms with Crippen molar-refractivity contribution in [2.45, 2.75) is 10.6 Å². The highest BCUT2D eigenvalue weighted by atomic mass is 32.2. The minimum absolute atomic E-state index is 0.0511. The van der Waals surface area contributed by atoms with E-state index >= 15 is 0 Å². The van der Waals surface area contributed by atoms with Crippen molar-refractivity contribution in [3.8, 4) is 23.0 Å². The van der Waals surface area contributed by atoms with E-state index in [0.717, 1.165) is 4.90 Å². The van der Waals surface area contributed by atoms with Gasteiger partial charge in [0, 0.05) is 27.5 Å². The fraction of sp³-hybridized carbons (Fsp3) is 0.107. The number of benzene rings is 3. The zero-order valence-corrected chi connectivity index (χ0v) is 20.5. The van der Waals surface area contributed by atoms with Crippen LogP contribution in [-0.4, -0.2) is 34.6 Å². The molecule has 8 nitrogen and oxygen atoms in total. The Morgan fingerprint density at radius 1 is 1.05 bits per heavy atom. The summed E-state index contributed by atoms with van der Waals surface area (Å²) in [7, 11) is 1.31. The van der Waals surface area contributed by atoms with Gasteiger partial charge < -0.3 is 10.1 Å². The van der Waals surface area contributed by atoms with Crippen molar-refractivity contribution in [2.24, 2.45) is 5.92 Å². The van der Waals surface area contributed by atoms with Crippen LogP contribution in [0.5, 0.6) is 0 Å². The summed E-state index contributed by atoms with van der Waals surface area (Å²) in [6, 6.07) is 25.0. The highest BCUT2D eigenvalue weighted by Crippen LogP contribution is 2.44. The van der Waals surface area contributed by atoms with E-state index in [1.165, 1.54) is 18.9 Å². The fourth-order valence-corrected chi connectivity index (χ4v) is 5.21. The molecule has 0 spiro atoms. The largest absolute Gasteiger partial charge is 0.465 e. The summed E-state index contributed by atoms with van der Waals surface area (Å²) in [5.74, 6) is -3.07. The lowest BCUT2D eigenvalue weighted by atomic mass is 9.96. The monoisotopic (exact) mass is 508 g/mol. The van der Waals surface area contributed by atoms with Crippen molar-refractivity contribution in [2.75, 3.05) is 12.4 Å². The number of hydrogen-bond acceptors (Lipinski definition) is 7. The van der Waals surface area contributed by atoms with Gasteiger partial charge in [0.2, 0.25) is 11.7 Å². The molecule has 1 atom stereocenters. The second-order valence-electron chi connectivity index (χ2n) is 8.20. The Balaban J connectivity index is 1.62. The van der Waals surface area contributed by atoms with Gasteiger partial charge in [-0.15, -0.1) is 11.8 Å². The molecule has 0 saturated carbocycles. The van der Waals surface area contributed by atoms with E-state index in [4.69, 9.17) is 4.74 Å². The predicted molar refractivity (Wildman–Crippen MR) is 138 cm³/mol. The van der Waals surface area contributed by atoms with Crippen LogP contribution in [-0.2, 0) is 15.3 Å². The number of anilines is 1. The smallest absolute Gasteiger partial charge is 0.337 e. The molecule has 3 aromatic carbocycles. The maximum Gasteiger partial charge on any atom is 0.337 e. The van der Waals surface area contributed by atoms with Crippen LogP contribution in [0, 0.1) is 17.2 Å². The first kappa shape index (κ1) is 24.0. The molecule has 9 heteroatoms. The van der Waals surface area contributed by atoms with Gasteiger partial charge in [-0.3, -0.25) is 9.59 Å². The van der Waals surface area contributed by atoms with Gasteiger partial charge in [0.1, 0.15) is 5.69 Å². The zero-order valence-electron chi connectivity index (χ0n) is 19.7. The van der Waals surface area contributed by atoms with Gasteiger partial charge in [0.25, 0.3) is 0 Å². The van der Waals surface area contributed by atoms with Crippen LogP contribution in [0.1, 0.15) is 26.4 Å². The number of para-hydroxylation sites is 2. The highest BCUT2D eigenvalue weighted by molar-refractivity contribution is 7.98. The number of nitrogens with one attached hydrogen (secondary N) is 1. The second kappa shape index (κ2) is 10.1. The van der Waals surface area contributed by atoms with Crippen LogP contribution < -0.4 is 5.32 Å². The molecule has 0 bridgehead atoms. The van der Waals surface area contributed by atoms with E-state index in [9.17, 15) is 19.6 Å². The Morgan fingerprint density at radius 3 is 2.43 bits per heavy atom. The number of esters is 1. The van der Waals surface area contributed by atoms with Crippen LogP contribution in [0.25, 0.3) is 16.9 Å². The van der Waals surface area contributed by atoms with Crippen LogP contribution in [0.3, 0.4) is 0 Å². The topological polar surface area (TPSA) is 114 Å². The summed E-state index contributed by atoms with van der Waals surface area (Å²) in [4.78, 5) is 39.7. The summed E-state index contributed by atoms with van der Waals surface area (Å²) in [6.45, 7) is 0. The lowest BCUT2D eigenvalue weighted by molar-refractivity contribution is -0.117. The van der Waals surface area contributed by atoms with Gasteiger partial charge in [0.05, 0.1) is 30.1 Å². The number of nitriles is 1. The average molecular weight is 509 g/mol. The number of hydrogen-bond donors (Lipinski definition) is 1. The molecule has 0 saturated heterocycles. The SMILES string of the molecule is COC(=O)c1ccc2c(c1)-c1c(c(C(=O)C(C#N)C(=O)Nc3ccccc3)nn1-c1ccccc1)CS2. The number of carbonyl (C=O) groups is 3. The van der Waals surface area contributed by atoms with Crippen molar-refractivity contribution in [3.05, 3.63) is 95.7 Å². The Kier molecular flexibility index (Phi) is 6.58. The molecule has 2 heterocycles. The van der Waals surface area contributed by atoms with Gasteiger partial charge in [0.15, 0.2) is 5.92 Å². The molecule has 1 unspecified atom stereocenters. The van der Waals surface area contributed by atoms with E-state index in [1.807, 2.05) is 42.5 Å². The van der Waals surface area contributed by atoms with E-state index in [2.05, 4.69) is 10.4 Å². The Hall–Kier alpha value is -4.68. The number of rotatable bonds is 6. The molecule has 0 aliphatic carbocycles. The number of nitrogens with zero attached hydrogens (tertiary/aromatic N) is 3. The maximum atomic E-state index is 13.6. The van der Waals surface area contributed by atoms with Crippen molar-refractivity contribution in [1.29, 1.82) is 5.26 Å². The predicted octanol–water partition coefficient (Wildman–Crippen LogP) is 4.89. The van der Waals surface area contributed by atoms with E-state index < -0.39 is 23.6 Å². The number of ether oxygens (including phenoxy) is 1. The van der Waals surface area contributed by atoms with Crippen LogP contribution in [0.2, 0.25) is 0 Å². The Labute approximate surface area is 216 Å². The Bertz CT molecular complexity index is 1560. The number of Topliss-reactive ketones (excluding diaryl/α,β-unsaturated/α-hetero) is 1. The lowest BCUT2D eigenvalue weighted by Crippen LogP contribution is -2.29. The summed E-state index contributed by atoms with van der Waals surface area (Å²) >= 11 is 1.49. The zero-order chi connectivity index (χ0) is 25.9. The van der Waals surface area contributed by atoms with Gasteiger partial charge in [-0.2, -0.15) is 10.4 Å². The molecule has 1 aromatic heterocycles. The molecule has 1 aliphatic rings. The third-order valence-corrected chi connectivity index (χ3v) is 7.04. The fourth-order valence-electron chi connectivity index (χ4n) is 4.16. The van der Waals surface area contributed by atoms with Crippen LogP contribution >= 0.6 is 11.8 Å². The first-order valence-corrected chi connectivity index (χ1v) is 12.3. The molecule has 1 amide bonds. The number of thioether (sulfide) groups is 1. The average Bonchev–Trinajstić information content (AvgIpc) is 3.34.